The number of methoxy groups -OCH3 is 1. The van der Waals surface area contributed by atoms with Crippen LogP contribution >= 0.6 is 0 Å². The quantitative estimate of drug-likeness (QED) is 0.689. The van der Waals surface area contributed by atoms with E-state index in [0.717, 1.165) is 30.4 Å². The third kappa shape index (κ3) is 4.52. The van der Waals surface area contributed by atoms with Gasteiger partial charge in [0.2, 0.25) is 5.91 Å². The number of primary amides is 1. The topological polar surface area (TPSA) is 90.7 Å². The van der Waals surface area contributed by atoms with Crippen molar-refractivity contribution < 1.29 is 19.1 Å². The summed E-state index contributed by atoms with van der Waals surface area (Å²) in [7, 11) is 1.51. The maximum absolute atomic E-state index is 12.5. The Bertz CT molecular complexity index is 873. The summed E-state index contributed by atoms with van der Waals surface area (Å²) in [6, 6.07) is 15.3. The van der Waals surface area contributed by atoms with Crippen LogP contribution in [0.5, 0.6) is 11.5 Å². The molecule has 1 fully saturated rings. The van der Waals surface area contributed by atoms with Crippen molar-refractivity contribution in [3.05, 3.63) is 65.7 Å². The number of ether oxygens (including phenoxy) is 2. The van der Waals surface area contributed by atoms with E-state index in [4.69, 9.17) is 15.2 Å². The van der Waals surface area contributed by atoms with Gasteiger partial charge in [-0.3, -0.25) is 9.59 Å². The second-order valence-corrected chi connectivity index (χ2v) is 6.79. The van der Waals surface area contributed by atoms with E-state index < -0.39 is 5.91 Å². The van der Waals surface area contributed by atoms with Crippen molar-refractivity contribution in [1.82, 2.24) is 5.32 Å². The molecule has 6 nitrogen and oxygen atoms in total. The molecule has 0 saturated heterocycles. The summed E-state index contributed by atoms with van der Waals surface area (Å²) in [6.45, 7) is -0.227. The highest BCUT2D eigenvalue weighted by molar-refractivity contribution is 5.92. The zero-order chi connectivity index (χ0) is 20.0. The van der Waals surface area contributed by atoms with Gasteiger partial charge in [-0.05, 0) is 48.6 Å². The lowest BCUT2D eigenvalue weighted by Gasteiger charge is -2.42. The molecule has 0 aromatic heterocycles. The minimum atomic E-state index is -0.564. The summed E-state index contributed by atoms with van der Waals surface area (Å²) in [5, 5.41) is 3.16. The van der Waals surface area contributed by atoms with Crippen LogP contribution in [0.3, 0.4) is 0 Å². The molecule has 0 atom stereocenters. The van der Waals surface area contributed by atoms with Crippen molar-refractivity contribution >= 4 is 17.9 Å². The Labute approximate surface area is 164 Å². The minimum absolute atomic E-state index is 0.142. The predicted molar refractivity (Wildman–Crippen MR) is 107 cm³/mol. The monoisotopic (exact) mass is 380 g/mol. The van der Waals surface area contributed by atoms with Crippen molar-refractivity contribution in [2.75, 3.05) is 13.7 Å². The van der Waals surface area contributed by atoms with E-state index in [-0.39, 0.29) is 18.1 Å². The number of hydrogen-bond donors (Lipinski definition) is 2. The highest BCUT2D eigenvalue weighted by atomic mass is 16.5. The van der Waals surface area contributed by atoms with Crippen LogP contribution in [0.4, 0.5) is 0 Å². The van der Waals surface area contributed by atoms with Crippen molar-refractivity contribution in [3.8, 4) is 11.5 Å². The molecular formula is C22H24N2O4. The second kappa shape index (κ2) is 8.61. The van der Waals surface area contributed by atoms with Crippen LogP contribution in [0.15, 0.2) is 54.6 Å². The lowest BCUT2D eigenvalue weighted by atomic mass is 9.72. The van der Waals surface area contributed by atoms with Crippen LogP contribution < -0.4 is 20.5 Å². The number of benzene rings is 2. The average Bonchev–Trinajstić information content (AvgIpc) is 2.68. The molecule has 1 aliphatic carbocycles. The third-order valence-corrected chi connectivity index (χ3v) is 4.88. The molecule has 0 spiro atoms. The summed E-state index contributed by atoms with van der Waals surface area (Å²) < 4.78 is 10.6. The highest BCUT2D eigenvalue weighted by Crippen LogP contribution is 2.41. The Morgan fingerprint density at radius 3 is 2.50 bits per heavy atom. The normalized spacial score (nSPS) is 14.9. The molecule has 1 aliphatic rings. The first-order valence-corrected chi connectivity index (χ1v) is 9.17. The lowest BCUT2D eigenvalue weighted by Crippen LogP contribution is -2.50. The molecular weight excluding hydrogens is 356 g/mol. The maximum atomic E-state index is 12.5. The van der Waals surface area contributed by atoms with Gasteiger partial charge in [0.1, 0.15) is 0 Å². The van der Waals surface area contributed by atoms with E-state index in [0.29, 0.717) is 11.5 Å². The first-order chi connectivity index (χ1) is 13.5. The van der Waals surface area contributed by atoms with Crippen molar-refractivity contribution in [1.29, 1.82) is 0 Å². The second-order valence-electron chi connectivity index (χ2n) is 6.79. The van der Waals surface area contributed by atoms with Gasteiger partial charge in [-0.1, -0.05) is 36.4 Å². The van der Waals surface area contributed by atoms with Gasteiger partial charge in [-0.2, -0.15) is 0 Å². The number of amides is 2. The van der Waals surface area contributed by atoms with E-state index in [9.17, 15) is 9.59 Å². The fraction of sp³-hybridized carbons (Fsp3) is 0.273. The molecule has 3 rings (SSSR count). The van der Waals surface area contributed by atoms with E-state index in [1.807, 2.05) is 18.2 Å². The van der Waals surface area contributed by atoms with Gasteiger partial charge >= 0.3 is 0 Å². The zero-order valence-electron chi connectivity index (χ0n) is 15.8. The molecule has 3 N–H and O–H groups in total. The van der Waals surface area contributed by atoms with Gasteiger partial charge in [0.05, 0.1) is 12.6 Å². The van der Waals surface area contributed by atoms with Crippen LogP contribution in [0, 0.1) is 0 Å². The molecule has 0 unspecified atom stereocenters. The van der Waals surface area contributed by atoms with Crippen molar-refractivity contribution in [2.45, 2.75) is 24.8 Å². The molecule has 0 heterocycles. The first-order valence-electron chi connectivity index (χ1n) is 9.17. The van der Waals surface area contributed by atoms with E-state index in [2.05, 4.69) is 17.4 Å². The molecule has 6 heteroatoms. The highest BCUT2D eigenvalue weighted by Gasteiger charge is 2.39. The van der Waals surface area contributed by atoms with Crippen molar-refractivity contribution in [3.63, 3.8) is 0 Å². The molecule has 1 saturated carbocycles. The van der Waals surface area contributed by atoms with Crippen LogP contribution in [0.2, 0.25) is 0 Å². The van der Waals surface area contributed by atoms with E-state index in [1.54, 1.807) is 24.3 Å². The van der Waals surface area contributed by atoms with Gasteiger partial charge < -0.3 is 20.5 Å². The average molecular weight is 380 g/mol. The SMILES string of the molecule is COc1cc(/C=C/C(=O)NC2(c3ccccc3)CCC2)ccc1OCC(N)=O. The fourth-order valence-electron chi connectivity index (χ4n) is 3.28. The third-order valence-electron chi connectivity index (χ3n) is 4.88. The zero-order valence-corrected chi connectivity index (χ0v) is 15.8. The van der Waals surface area contributed by atoms with Gasteiger partial charge in [0.15, 0.2) is 18.1 Å². The van der Waals surface area contributed by atoms with Crippen LogP contribution in [-0.4, -0.2) is 25.5 Å². The Morgan fingerprint density at radius 1 is 1.14 bits per heavy atom. The Hall–Kier alpha value is -3.28. The Morgan fingerprint density at radius 2 is 1.89 bits per heavy atom. The Balaban J connectivity index is 1.67. The lowest BCUT2D eigenvalue weighted by molar-refractivity contribution is -0.120. The summed E-state index contributed by atoms with van der Waals surface area (Å²) >= 11 is 0. The van der Waals surface area contributed by atoms with Crippen molar-refractivity contribution in [2.24, 2.45) is 5.73 Å². The number of hydrogen-bond acceptors (Lipinski definition) is 4. The molecule has 2 aromatic rings. The number of carbonyl (C=O) groups is 2. The fourth-order valence-corrected chi connectivity index (χ4v) is 3.28. The number of nitrogens with one attached hydrogen (secondary N) is 1. The Kier molecular flexibility index (Phi) is 5.99. The summed E-state index contributed by atoms with van der Waals surface area (Å²) in [5.41, 5.74) is 6.74. The molecule has 2 aromatic carbocycles. The summed E-state index contributed by atoms with van der Waals surface area (Å²) in [5.74, 6) is 0.173. The van der Waals surface area contributed by atoms with Gasteiger partial charge in [-0.25, -0.2) is 0 Å². The largest absolute Gasteiger partial charge is 0.493 e. The molecule has 0 radical (unpaired) electrons. The van der Waals surface area contributed by atoms with Crippen LogP contribution in [0.1, 0.15) is 30.4 Å². The minimum Gasteiger partial charge on any atom is -0.493 e. The smallest absolute Gasteiger partial charge is 0.255 e. The molecule has 0 aliphatic heterocycles. The van der Waals surface area contributed by atoms with E-state index >= 15 is 0 Å². The first kappa shape index (κ1) is 19.5. The molecule has 2 amide bonds. The van der Waals surface area contributed by atoms with Crippen LogP contribution in [0.25, 0.3) is 6.08 Å². The summed E-state index contributed by atoms with van der Waals surface area (Å²) in [4.78, 5) is 23.4. The van der Waals surface area contributed by atoms with Gasteiger partial charge in [-0.15, -0.1) is 0 Å². The summed E-state index contributed by atoms with van der Waals surface area (Å²) in [6.07, 6.45) is 6.21. The number of nitrogens with two attached hydrogens (primary N) is 1. The van der Waals surface area contributed by atoms with Gasteiger partial charge in [0.25, 0.3) is 5.91 Å². The van der Waals surface area contributed by atoms with Crippen LogP contribution in [-0.2, 0) is 15.1 Å². The van der Waals surface area contributed by atoms with E-state index in [1.165, 1.54) is 13.2 Å². The predicted octanol–water partition coefficient (Wildman–Crippen LogP) is 2.77. The van der Waals surface area contributed by atoms with Gasteiger partial charge in [0, 0.05) is 6.08 Å². The molecule has 146 valence electrons. The molecule has 28 heavy (non-hydrogen) atoms. The standard InChI is InChI=1S/C22H24N2O4/c1-27-19-14-16(8-10-18(19)28-15-20(23)25)9-11-21(26)24-22(12-5-13-22)17-6-3-2-4-7-17/h2-4,6-11,14H,5,12-13,15H2,1H3,(H2,23,25)(H,24,26)/b11-9+. The number of rotatable bonds is 8. The molecule has 0 bridgehead atoms. The number of carbonyl (C=O) groups excluding carboxylic acids is 2. The maximum Gasteiger partial charge on any atom is 0.255 e.